The molecule has 0 radical (unpaired) electrons. The van der Waals surface area contributed by atoms with Crippen molar-refractivity contribution in [1.82, 2.24) is 19.7 Å². The number of likely N-dealkylation sites (tertiary alicyclic amines) is 3. The number of pyridine rings is 1. The molecule has 3 saturated heterocycles. The van der Waals surface area contributed by atoms with Gasteiger partial charge in [0.25, 0.3) is 0 Å². The van der Waals surface area contributed by atoms with Gasteiger partial charge in [-0.1, -0.05) is 6.07 Å². The van der Waals surface area contributed by atoms with E-state index >= 15 is 0 Å². The van der Waals surface area contributed by atoms with Crippen molar-refractivity contribution in [1.29, 1.82) is 0 Å². The van der Waals surface area contributed by atoms with Gasteiger partial charge in [-0.3, -0.25) is 19.5 Å². The van der Waals surface area contributed by atoms with Gasteiger partial charge in [-0.15, -0.1) is 0 Å². The van der Waals surface area contributed by atoms with Crippen molar-refractivity contribution in [3.8, 4) is 0 Å². The number of halogens is 6. The Morgan fingerprint density at radius 2 is 1.54 bits per heavy atom. The topological polar surface area (TPSA) is 131 Å². The molecule has 2 atom stereocenters. The summed E-state index contributed by atoms with van der Waals surface area (Å²) in [5.41, 5.74) is 1.13. The lowest BCUT2D eigenvalue weighted by Gasteiger charge is -2.46. The van der Waals surface area contributed by atoms with Crippen molar-refractivity contribution in [2.75, 3.05) is 33.2 Å². The van der Waals surface area contributed by atoms with Gasteiger partial charge < -0.3 is 20.0 Å². The van der Waals surface area contributed by atoms with Crippen LogP contribution in [-0.2, 0) is 25.7 Å². The van der Waals surface area contributed by atoms with Crippen molar-refractivity contribution in [3.05, 3.63) is 30.1 Å². The predicted molar refractivity (Wildman–Crippen MR) is 121 cm³/mol. The molecule has 0 aliphatic carbocycles. The molecule has 2 amide bonds. The van der Waals surface area contributed by atoms with Crippen LogP contribution in [0.1, 0.15) is 25.3 Å². The molecule has 1 aromatic rings. The first-order valence-electron chi connectivity index (χ1n) is 11.6. The fraction of sp³-hybridized carbons (Fsp3) is 0.609. The van der Waals surface area contributed by atoms with Crippen molar-refractivity contribution in [2.45, 2.75) is 44.2 Å². The van der Waals surface area contributed by atoms with Crippen LogP contribution in [-0.4, -0.2) is 105 Å². The number of fused-ring (bicyclic) bond motifs is 2. The van der Waals surface area contributed by atoms with E-state index in [1.165, 1.54) is 5.56 Å². The molecule has 10 nitrogen and oxygen atoms in total. The monoisotopic (exact) mass is 570 g/mol. The summed E-state index contributed by atoms with van der Waals surface area (Å²) in [7, 11) is 1.97. The van der Waals surface area contributed by atoms with Gasteiger partial charge in [0.15, 0.2) is 0 Å². The van der Waals surface area contributed by atoms with Crippen LogP contribution >= 0.6 is 0 Å². The number of carboxylic acids is 2. The van der Waals surface area contributed by atoms with Gasteiger partial charge in [-0.05, 0) is 24.5 Å². The smallest absolute Gasteiger partial charge is 0.475 e. The average Bonchev–Trinajstić information content (AvgIpc) is 3.33. The lowest BCUT2D eigenvalue weighted by atomic mass is 9.75. The molecule has 218 valence electrons. The molecular weight excluding hydrogens is 542 g/mol. The second-order valence-electron chi connectivity index (χ2n) is 9.38. The molecule has 1 spiro atoms. The Bertz CT molecular complexity index is 1020. The molecule has 16 heteroatoms. The van der Waals surface area contributed by atoms with Crippen LogP contribution in [0.25, 0.3) is 0 Å². The highest BCUT2D eigenvalue weighted by atomic mass is 19.4. The fourth-order valence-electron chi connectivity index (χ4n) is 5.19. The molecular formula is C23H28F6N4O6. The second-order valence-corrected chi connectivity index (χ2v) is 9.38. The van der Waals surface area contributed by atoms with Crippen LogP contribution in [0, 0.1) is 11.8 Å². The van der Waals surface area contributed by atoms with Gasteiger partial charge in [-0.25, -0.2) is 9.59 Å². The Morgan fingerprint density at radius 3 is 1.95 bits per heavy atom. The normalized spacial score (nSPS) is 22.4. The lowest BCUT2D eigenvalue weighted by molar-refractivity contribution is -0.193. The summed E-state index contributed by atoms with van der Waals surface area (Å²) in [6, 6.07) is 4.06. The molecule has 0 aromatic carbocycles. The predicted octanol–water partition coefficient (Wildman–Crippen LogP) is 2.25. The molecule has 2 N–H and O–H groups in total. The van der Waals surface area contributed by atoms with Crippen molar-refractivity contribution in [2.24, 2.45) is 11.8 Å². The third-order valence-corrected chi connectivity index (χ3v) is 7.09. The standard InChI is InChI=1S/C19H26N4O2.2C2HF3O2/c1-14(24)23-8-5-19(6-9-23)17-13-22(11-15-4-3-7-20-10-15)12-16(17)18(25)21(19)2;2*3-2(4,5)1(6)7/h3-4,7,10,16-17H,5-6,8-9,11-13H2,1-2H3;2*(H,6,7)/t16-,17+;;/m0../s1. The van der Waals surface area contributed by atoms with E-state index in [0.29, 0.717) is 5.92 Å². The molecule has 3 aliphatic heterocycles. The van der Waals surface area contributed by atoms with E-state index in [2.05, 4.69) is 16.0 Å². The van der Waals surface area contributed by atoms with Crippen LogP contribution in [0.2, 0.25) is 0 Å². The highest BCUT2D eigenvalue weighted by Gasteiger charge is 2.60. The number of rotatable bonds is 2. The molecule has 4 rings (SSSR count). The first-order chi connectivity index (χ1) is 17.9. The van der Waals surface area contributed by atoms with Gasteiger partial charge in [0.05, 0.1) is 11.5 Å². The Morgan fingerprint density at radius 1 is 1.03 bits per heavy atom. The molecule has 3 aliphatic rings. The number of carboxylic acid groups (broad SMARTS) is 2. The van der Waals surface area contributed by atoms with Crippen molar-refractivity contribution in [3.63, 3.8) is 0 Å². The second kappa shape index (κ2) is 12.2. The maximum Gasteiger partial charge on any atom is 0.490 e. The zero-order valence-electron chi connectivity index (χ0n) is 21.0. The summed E-state index contributed by atoms with van der Waals surface area (Å²) in [4.78, 5) is 52.9. The number of carbonyl (C=O) groups excluding carboxylic acids is 2. The van der Waals surface area contributed by atoms with Crippen molar-refractivity contribution < 1.29 is 55.7 Å². The number of hydrogen-bond acceptors (Lipinski definition) is 6. The minimum Gasteiger partial charge on any atom is -0.475 e. The van der Waals surface area contributed by atoms with Gasteiger partial charge in [-0.2, -0.15) is 26.3 Å². The van der Waals surface area contributed by atoms with Gasteiger partial charge in [0, 0.05) is 65.0 Å². The van der Waals surface area contributed by atoms with Crippen LogP contribution in [0.15, 0.2) is 24.5 Å². The number of aliphatic carboxylic acids is 2. The SMILES string of the molecule is CC(=O)N1CCC2(CC1)[C@@H]1CN(Cc3cccnc3)C[C@@H]1C(=O)N2C.O=C(O)C(F)(F)F.O=C(O)C(F)(F)F. The number of alkyl halides is 6. The maximum atomic E-state index is 12.9. The van der Waals surface area contributed by atoms with E-state index in [9.17, 15) is 35.9 Å². The zero-order chi connectivity index (χ0) is 29.8. The minimum absolute atomic E-state index is 0.0720. The van der Waals surface area contributed by atoms with Crippen molar-refractivity contribution >= 4 is 23.8 Å². The summed E-state index contributed by atoms with van der Waals surface area (Å²) >= 11 is 0. The quantitative estimate of drug-likeness (QED) is 0.518. The van der Waals surface area contributed by atoms with E-state index in [4.69, 9.17) is 19.8 Å². The van der Waals surface area contributed by atoms with Crippen LogP contribution in [0.3, 0.4) is 0 Å². The van der Waals surface area contributed by atoms with E-state index in [-0.39, 0.29) is 23.3 Å². The lowest BCUT2D eigenvalue weighted by Crippen LogP contribution is -2.56. The van der Waals surface area contributed by atoms with Gasteiger partial charge in [0.2, 0.25) is 11.8 Å². The molecule has 3 fully saturated rings. The summed E-state index contributed by atoms with van der Waals surface area (Å²) in [5.74, 6) is -4.61. The largest absolute Gasteiger partial charge is 0.490 e. The molecule has 0 bridgehead atoms. The number of aromatic nitrogens is 1. The zero-order valence-corrected chi connectivity index (χ0v) is 21.0. The minimum atomic E-state index is -5.08. The van der Waals surface area contributed by atoms with Crippen LogP contribution in [0.5, 0.6) is 0 Å². The molecule has 0 unspecified atom stereocenters. The summed E-state index contributed by atoms with van der Waals surface area (Å²) in [5, 5.41) is 14.2. The summed E-state index contributed by atoms with van der Waals surface area (Å²) in [6.45, 7) is 5.80. The van der Waals surface area contributed by atoms with Crippen LogP contribution < -0.4 is 0 Å². The molecule has 4 heterocycles. The first-order valence-corrected chi connectivity index (χ1v) is 11.6. The first kappa shape index (κ1) is 31.8. The molecule has 1 aromatic heterocycles. The maximum absolute atomic E-state index is 12.9. The van der Waals surface area contributed by atoms with E-state index in [0.717, 1.165) is 45.6 Å². The van der Waals surface area contributed by atoms with Gasteiger partial charge >= 0.3 is 24.3 Å². The number of nitrogens with zero attached hydrogens (tertiary/aromatic N) is 4. The molecule has 39 heavy (non-hydrogen) atoms. The third kappa shape index (κ3) is 7.80. The average molecular weight is 570 g/mol. The highest BCUT2D eigenvalue weighted by Crippen LogP contribution is 2.49. The third-order valence-electron chi connectivity index (χ3n) is 7.09. The van der Waals surface area contributed by atoms with Crippen LogP contribution in [0.4, 0.5) is 26.3 Å². The van der Waals surface area contributed by atoms with Gasteiger partial charge in [0.1, 0.15) is 0 Å². The number of hydrogen-bond donors (Lipinski definition) is 2. The fourth-order valence-corrected chi connectivity index (χ4v) is 5.19. The van der Waals surface area contributed by atoms with E-state index in [1.54, 1.807) is 13.1 Å². The Labute approximate surface area is 219 Å². The number of amides is 2. The Kier molecular flexibility index (Phi) is 9.92. The van der Waals surface area contributed by atoms with E-state index in [1.807, 2.05) is 29.1 Å². The number of piperidine rings is 1. The summed E-state index contributed by atoms with van der Waals surface area (Å²) < 4.78 is 63.5. The van der Waals surface area contributed by atoms with E-state index < -0.39 is 24.3 Å². The Hall–Kier alpha value is -3.43. The highest BCUT2D eigenvalue weighted by molar-refractivity contribution is 5.84. The summed E-state index contributed by atoms with van der Waals surface area (Å²) in [6.07, 6.45) is -4.67. The Balaban J connectivity index is 0.000000317. The number of carbonyl (C=O) groups is 4. The molecule has 0 saturated carbocycles.